The number of halogens is 1. The first-order chi connectivity index (χ1) is 7.04. The van der Waals surface area contributed by atoms with Gasteiger partial charge in [-0.1, -0.05) is 29.8 Å². The predicted molar refractivity (Wildman–Crippen MR) is 64.7 cm³/mol. The summed E-state index contributed by atoms with van der Waals surface area (Å²) in [7, 11) is 0. The van der Waals surface area contributed by atoms with Crippen LogP contribution in [0.2, 0.25) is 0 Å². The zero-order valence-corrected chi connectivity index (χ0v) is 11.2. The van der Waals surface area contributed by atoms with Crippen LogP contribution >= 0.6 is 15.9 Å². The average Bonchev–Trinajstić information content (AvgIpc) is 2.16. The molecule has 0 N–H and O–H groups in total. The van der Waals surface area contributed by atoms with E-state index in [0.717, 1.165) is 11.5 Å². The first-order valence-corrected chi connectivity index (χ1v) is 6.08. The standard InChI is InChI=1S/C11H17BrN2O/c1-5-15-11-6-10(7(2)8(3)12)13-9(4)14-11/h6-8H,5H2,1-4H3. The molecule has 0 spiro atoms. The molecule has 0 saturated heterocycles. The third-order valence-electron chi connectivity index (χ3n) is 2.28. The van der Waals surface area contributed by atoms with E-state index in [-0.39, 0.29) is 0 Å². The number of hydrogen-bond acceptors (Lipinski definition) is 3. The van der Waals surface area contributed by atoms with Crippen LogP contribution in [0, 0.1) is 6.92 Å². The Morgan fingerprint density at radius 1 is 1.40 bits per heavy atom. The minimum Gasteiger partial charge on any atom is -0.478 e. The van der Waals surface area contributed by atoms with Crippen LogP contribution in [0.5, 0.6) is 5.88 Å². The van der Waals surface area contributed by atoms with Crippen molar-refractivity contribution in [2.75, 3.05) is 6.61 Å². The first-order valence-electron chi connectivity index (χ1n) is 5.17. The van der Waals surface area contributed by atoms with E-state index in [2.05, 4.69) is 39.7 Å². The highest BCUT2D eigenvalue weighted by molar-refractivity contribution is 9.09. The van der Waals surface area contributed by atoms with Crippen LogP contribution in [0.1, 0.15) is 38.2 Å². The number of hydrogen-bond donors (Lipinski definition) is 0. The summed E-state index contributed by atoms with van der Waals surface area (Å²) in [6, 6.07) is 1.92. The molecule has 1 aromatic rings. The van der Waals surface area contributed by atoms with E-state index in [1.807, 2.05) is 19.9 Å². The van der Waals surface area contributed by atoms with Gasteiger partial charge in [0, 0.05) is 16.8 Å². The molecule has 0 saturated carbocycles. The number of rotatable bonds is 4. The lowest BCUT2D eigenvalue weighted by Gasteiger charge is -2.14. The third kappa shape index (κ3) is 3.45. The average molecular weight is 273 g/mol. The lowest BCUT2D eigenvalue weighted by Crippen LogP contribution is -2.09. The van der Waals surface area contributed by atoms with Crippen LogP contribution in [-0.2, 0) is 0 Å². The smallest absolute Gasteiger partial charge is 0.216 e. The number of nitrogens with zero attached hydrogens (tertiary/aromatic N) is 2. The van der Waals surface area contributed by atoms with E-state index in [1.54, 1.807) is 0 Å². The minimum atomic E-state index is 0.353. The Kier molecular flexibility index (Phi) is 4.51. The van der Waals surface area contributed by atoms with Crippen LogP contribution < -0.4 is 4.74 Å². The van der Waals surface area contributed by atoms with Crippen molar-refractivity contribution in [3.05, 3.63) is 17.6 Å². The zero-order valence-electron chi connectivity index (χ0n) is 9.62. The number of aromatic nitrogens is 2. The van der Waals surface area contributed by atoms with Crippen molar-refractivity contribution in [2.24, 2.45) is 0 Å². The molecule has 0 aromatic carbocycles. The molecule has 2 atom stereocenters. The molecule has 3 nitrogen and oxygen atoms in total. The summed E-state index contributed by atoms with van der Waals surface area (Å²) in [5.41, 5.74) is 1.02. The molecule has 4 heteroatoms. The quantitative estimate of drug-likeness (QED) is 0.791. The first kappa shape index (κ1) is 12.4. The molecular weight excluding hydrogens is 256 g/mol. The van der Waals surface area contributed by atoms with Gasteiger partial charge in [-0.15, -0.1) is 0 Å². The SMILES string of the molecule is CCOc1cc(C(C)C(C)Br)nc(C)n1. The highest BCUT2D eigenvalue weighted by atomic mass is 79.9. The lowest BCUT2D eigenvalue weighted by atomic mass is 10.0. The van der Waals surface area contributed by atoms with E-state index < -0.39 is 0 Å². The largest absolute Gasteiger partial charge is 0.478 e. The molecule has 0 bridgehead atoms. The fraction of sp³-hybridized carbons (Fsp3) is 0.636. The predicted octanol–water partition coefficient (Wildman–Crippen LogP) is 3.07. The van der Waals surface area contributed by atoms with Gasteiger partial charge in [0.05, 0.1) is 12.3 Å². The molecule has 15 heavy (non-hydrogen) atoms. The molecule has 0 aliphatic rings. The molecule has 1 heterocycles. The van der Waals surface area contributed by atoms with Crippen molar-refractivity contribution in [2.45, 2.75) is 38.4 Å². The monoisotopic (exact) mass is 272 g/mol. The fourth-order valence-corrected chi connectivity index (χ4v) is 1.52. The van der Waals surface area contributed by atoms with Gasteiger partial charge in [-0.3, -0.25) is 0 Å². The van der Waals surface area contributed by atoms with Crippen molar-refractivity contribution in [1.29, 1.82) is 0 Å². The van der Waals surface area contributed by atoms with E-state index in [9.17, 15) is 0 Å². The molecule has 0 radical (unpaired) electrons. The Morgan fingerprint density at radius 2 is 2.07 bits per heavy atom. The highest BCUT2D eigenvalue weighted by Crippen LogP contribution is 2.24. The van der Waals surface area contributed by atoms with Gasteiger partial charge >= 0.3 is 0 Å². The van der Waals surface area contributed by atoms with Gasteiger partial charge in [0.1, 0.15) is 5.82 Å². The number of aryl methyl sites for hydroxylation is 1. The van der Waals surface area contributed by atoms with Gasteiger partial charge in [0.25, 0.3) is 0 Å². The normalized spacial score (nSPS) is 14.7. The van der Waals surface area contributed by atoms with Crippen LogP contribution in [0.3, 0.4) is 0 Å². The summed E-state index contributed by atoms with van der Waals surface area (Å²) in [6.45, 7) is 8.72. The summed E-state index contributed by atoms with van der Waals surface area (Å²) < 4.78 is 5.39. The number of ether oxygens (including phenoxy) is 1. The Morgan fingerprint density at radius 3 is 2.60 bits per heavy atom. The van der Waals surface area contributed by atoms with E-state index in [0.29, 0.717) is 23.2 Å². The summed E-state index contributed by atoms with van der Waals surface area (Å²) in [5.74, 6) is 1.78. The Labute approximate surface area is 99.4 Å². The van der Waals surface area contributed by atoms with Gasteiger partial charge in [0.2, 0.25) is 5.88 Å². The molecule has 2 unspecified atom stereocenters. The molecule has 0 amide bonds. The molecule has 0 aliphatic carbocycles. The summed E-state index contributed by atoms with van der Waals surface area (Å²) in [4.78, 5) is 9.02. The Hall–Kier alpha value is -0.640. The van der Waals surface area contributed by atoms with Gasteiger partial charge in [-0.25, -0.2) is 4.98 Å². The van der Waals surface area contributed by atoms with Crippen molar-refractivity contribution in [1.82, 2.24) is 9.97 Å². The van der Waals surface area contributed by atoms with Crippen molar-refractivity contribution < 1.29 is 4.74 Å². The lowest BCUT2D eigenvalue weighted by molar-refractivity contribution is 0.324. The maximum absolute atomic E-state index is 5.39. The summed E-state index contributed by atoms with van der Waals surface area (Å²) in [6.07, 6.45) is 0. The van der Waals surface area contributed by atoms with Crippen LogP contribution in [0.4, 0.5) is 0 Å². The van der Waals surface area contributed by atoms with Crippen LogP contribution in [0.15, 0.2) is 6.07 Å². The topological polar surface area (TPSA) is 35.0 Å². The summed E-state index contributed by atoms with van der Waals surface area (Å²) in [5, 5.41) is 0. The van der Waals surface area contributed by atoms with Crippen molar-refractivity contribution in [3.63, 3.8) is 0 Å². The molecule has 1 aromatic heterocycles. The maximum Gasteiger partial charge on any atom is 0.216 e. The summed E-state index contributed by atoms with van der Waals surface area (Å²) >= 11 is 3.56. The maximum atomic E-state index is 5.39. The molecule has 0 fully saturated rings. The number of alkyl halides is 1. The van der Waals surface area contributed by atoms with Crippen molar-refractivity contribution >= 4 is 15.9 Å². The Balaban J connectivity index is 2.97. The fourth-order valence-electron chi connectivity index (χ4n) is 1.25. The highest BCUT2D eigenvalue weighted by Gasteiger charge is 2.14. The van der Waals surface area contributed by atoms with Crippen molar-refractivity contribution in [3.8, 4) is 5.88 Å². The second-order valence-electron chi connectivity index (χ2n) is 3.58. The second kappa shape index (κ2) is 5.45. The molecule has 1 rings (SSSR count). The third-order valence-corrected chi connectivity index (χ3v) is 3.07. The van der Waals surface area contributed by atoms with Crippen LogP contribution in [-0.4, -0.2) is 21.4 Å². The molecule has 0 aliphatic heterocycles. The van der Waals surface area contributed by atoms with Gasteiger partial charge in [-0.2, -0.15) is 4.98 Å². The van der Waals surface area contributed by atoms with Gasteiger partial charge < -0.3 is 4.74 Å². The molecular formula is C11H17BrN2O. The van der Waals surface area contributed by atoms with Gasteiger partial charge in [-0.05, 0) is 13.8 Å². The van der Waals surface area contributed by atoms with E-state index in [1.165, 1.54) is 0 Å². The zero-order chi connectivity index (χ0) is 11.4. The van der Waals surface area contributed by atoms with E-state index in [4.69, 9.17) is 4.74 Å². The molecule has 84 valence electrons. The van der Waals surface area contributed by atoms with E-state index >= 15 is 0 Å². The van der Waals surface area contributed by atoms with Gasteiger partial charge in [0.15, 0.2) is 0 Å². The minimum absolute atomic E-state index is 0.353. The van der Waals surface area contributed by atoms with Crippen LogP contribution in [0.25, 0.3) is 0 Å². The second-order valence-corrected chi connectivity index (χ2v) is 5.02. The Bertz CT molecular complexity index is 328.